The molecule has 0 atom stereocenters. The third kappa shape index (κ3) is 2.94. The van der Waals surface area contributed by atoms with E-state index in [4.69, 9.17) is 0 Å². The molecule has 0 aliphatic heterocycles. The van der Waals surface area contributed by atoms with Gasteiger partial charge in [0, 0.05) is 11.0 Å². The standard InChI is InChI=1S/C15H22O/c1-14(2,3)12-9-7-8-11(10-12)13(16)15(4,5)6/h7-10H,1-6H3. The average Bonchev–Trinajstić information content (AvgIpc) is 2.14. The monoisotopic (exact) mass is 218 g/mol. The number of Topliss-reactive ketones (excluding diaryl/α,β-unsaturated/α-hetero) is 1. The molecule has 1 rings (SSSR count). The third-order valence-corrected chi connectivity index (χ3v) is 2.67. The van der Waals surface area contributed by atoms with Crippen LogP contribution in [0.1, 0.15) is 57.5 Å². The number of hydrogen-bond acceptors (Lipinski definition) is 1. The van der Waals surface area contributed by atoms with Crippen LogP contribution >= 0.6 is 0 Å². The molecular formula is C15H22O. The van der Waals surface area contributed by atoms with Gasteiger partial charge in [0.15, 0.2) is 5.78 Å². The van der Waals surface area contributed by atoms with Gasteiger partial charge in [-0.3, -0.25) is 4.79 Å². The summed E-state index contributed by atoms with van der Waals surface area (Å²) in [5.41, 5.74) is 1.81. The van der Waals surface area contributed by atoms with Gasteiger partial charge in [-0.25, -0.2) is 0 Å². The number of rotatable bonds is 1. The predicted octanol–water partition coefficient (Wildman–Crippen LogP) is 4.21. The van der Waals surface area contributed by atoms with Gasteiger partial charge in [0.1, 0.15) is 0 Å². The van der Waals surface area contributed by atoms with E-state index in [2.05, 4.69) is 26.8 Å². The molecule has 1 aromatic carbocycles. The zero-order valence-corrected chi connectivity index (χ0v) is 11.2. The molecule has 16 heavy (non-hydrogen) atoms. The number of ketones is 1. The Kier molecular flexibility index (Phi) is 3.27. The van der Waals surface area contributed by atoms with Crippen LogP contribution in [0.25, 0.3) is 0 Å². The molecule has 0 unspecified atom stereocenters. The van der Waals surface area contributed by atoms with Crippen molar-refractivity contribution in [3.8, 4) is 0 Å². The molecule has 0 saturated carbocycles. The molecule has 0 radical (unpaired) electrons. The van der Waals surface area contributed by atoms with Crippen LogP contribution < -0.4 is 0 Å². The van der Waals surface area contributed by atoms with Gasteiger partial charge in [-0.2, -0.15) is 0 Å². The van der Waals surface area contributed by atoms with E-state index < -0.39 is 0 Å². The van der Waals surface area contributed by atoms with Gasteiger partial charge in [-0.1, -0.05) is 59.7 Å². The van der Waals surface area contributed by atoms with Crippen molar-refractivity contribution in [1.82, 2.24) is 0 Å². The van der Waals surface area contributed by atoms with E-state index in [0.29, 0.717) is 0 Å². The van der Waals surface area contributed by atoms with Gasteiger partial charge in [-0.05, 0) is 17.0 Å². The second kappa shape index (κ2) is 4.04. The fourth-order valence-corrected chi connectivity index (χ4v) is 1.56. The molecule has 1 heteroatoms. The quantitative estimate of drug-likeness (QED) is 0.645. The van der Waals surface area contributed by atoms with Crippen LogP contribution in [0, 0.1) is 5.41 Å². The lowest BCUT2D eigenvalue weighted by atomic mass is 9.82. The molecule has 0 heterocycles. The number of hydrogen-bond donors (Lipinski definition) is 0. The summed E-state index contributed by atoms with van der Waals surface area (Å²) in [4.78, 5) is 12.1. The Labute approximate surface area is 98.9 Å². The van der Waals surface area contributed by atoms with E-state index >= 15 is 0 Å². The Balaban J connectivity index is 3.14. The second-order valence-corrected chi connectivity index (χ2v) is 6.41. The number of carbonyl (C=O) groups is 1. The van der Waals surface area contributed by atoms with Gasteiger partial charge in [0.25, 0.3) is 0 Å². The zero-order chi connectivity index (χ0) is 12.6. The molecule has 0 saturated heterocycles. The molecule has 0 aliphatic carbocycles. The summed E-state index contributed by atoms with van der Waals surface area (Å²) in [7, 11) is 0. The summed E-state index contributed by atoms with van der Waals surface area (Å²) in [5.74, 6) is 0.207. The lowest BCUT2D eigenvalue weighted by molar-refractivity contribution is 0.0858. The maximum Gasteiger partial charge on any atom is 0.168 e. The Morgan fingerprint density at radius 3 is 2.00 bits per heavy atom. The van der Waals surface area contributed by atoms with Gasteiger partial charge < -0.3 is 0 Å². The zero-order valence-electron chi connectivity index (χ0n) is 11.2. The fourth-order valence-electron chi connectivity index (χ4n) is 1.56. The van der Waals surface area contributed by atoms with Crippen molar-refractivity contribution in [2.24, 2.45) is 5.41 Å². The molecule has 0 spiro atoms. The van der Waals surface area contributed by atoms with Gasteiger partial charge >= 0.3 is 0 Å². The van der Waals surface area contributed by atoms with Crippen LogP contribution in [0.5, 0.6) is 0 Å². The van der Waals surface area contributed by atoms with Crippen molar-refractivity contribution in [1.29, 1.82) is 0 Å². The molecule has 0 aromatic heterocycles. The summed E-state index contributed by atoms with van der Waals surface area (Å²) in [5, 5.41) is 0. The lowest BCUT2D eigenvalue weighted by Gasteiger charge is -2.21. The molecule has 0 amide bonds. The highest BCUT2D eigenvalue weighted by Crippen LogP contribution is 2.26. The van der Waals surface area contributed by atoms with E-state index in [1.807, 2.05) is 39.0 Å². The molecule has 88 valence electrons. The topological polar surface area (TPSA) is 17.1 Å². The van der Waals surface area contributed by atoms with E-state index in [-0.39, 0.29) is 16.6 Å². The van der Waals surface area contributed by atoms with E-state index in [1.165, 1.54) is 5.56 Å². The first-order chi connectivity index (χ1) is 7.12. The Morgan fingerprint density at radius 2 is 1.56 bits per heavy atom. The van der Waals surface area contributed by atoms with E-state index in [9.17, 15) is 4.79 Å². The predicted molar refractivity (Wildman–Crippen MR) is 68.9 cm³/mol. The van der Waals surface area contributed by atoms with Crippen molar-refractivity contribution in [2.45, 2.75) is 47.0 Å². The van der Waals surface area contributed by atoms with Crippen LogP contribution in [0.3, 0.4) is 0 Å². The molecule has 0 N–H and O–H groups in total. The van der Waals surface area contributed by atoms with Crippen LogP contribution in [0.15, 0.2) is 24.3 Å². The van der Waals surface area contributed by atoms with Crippen LogP contribution in [-0.2, 0) is 5.41 Å². The van der Waals surface area contributed by atoms with Crippen molar-refractivity contribution < 1.29 is 4.79 Å². The summed E-state index contributed by atoms with van der Waals surface area (Å²) in [6, 6.07) is 7.98. The van der Waals surface area contributed by atoms with E-state index in [1.54, 1.807) is 0 Å². The highest BCUT2D eigenvalue weighted by atomic mass is 16.1. The smallest absolute Gasteiger partial charge is 0.168 e. The minimum absolute atomic E-state index is 0.0914. The second-order valence-electron chi connectivity index (χ2n) is 6.41. The van der Waals surface area contributed by atoms with Crippen LogP contribution in [0.2, 0.25) is 0 Å². The van der Waals surface area contributed by atoms with Crippen molar-refractivity contribution >= 4 is 5.78 Å². The number of benzene rings is 1. The van der Waals surface area contributed by atoms with Crippen LogP contribution in [0.4, 0.5) is 0 Å². The SMILES string of the molecule is CC(C)(C)C(=O)c1cccc(C(C)(C)C)c1. The first kappa shape index (κ1) is 13.0. The average molecular weight is 218 g/mol. The summed E-state index contributed by atoms with van der Waals surface area (Å²) >= 11 is 0. The largest absolute Gasteiger partial charge is 0.294 e. The molecule has 0 aliphatic rings. The Bertz CT molecular complexity index is 389. The normalized spacial score (nSPS) is 12.6. The first-order valence-corrected chi connectivity index (χ1v) is 5.78. The molecule has 0 fully saturated rings. The lowest BCUT2D eigenvalue weighted by Crippen LogP contribution is -2.21. The van der Waals surface area contributed by atoms with Gasteiger partial charge in [0.2, 0.25) is 0 Å². The highest BCUT2D eigenvalue weighted by molar-refractivity contribution is 5.99. The maximum absolute atomic E-state index is 12.1. The summed E-state index contributed by atoms with van der Waals surface area (Å²) in [6.45, 7) is 12.4. The fraction of sp³-hybridized carbons (Fsp3) is 0.533. The number of carbonyl (C=O) groups excluding carboxylic acids is 1. The summed E-state index contributed by atoms with van der Waals surface area (Å²) < 4.78 is 0. The highest BCUT2D eigenvalue weighted by Gasteiger charge is 2.24. The minimum atomic E-state index is -0.309. The van der Waals surface area contributed by atoms with Crippen molar-refractivity contribution in [3.63, 3.8) is 0 Å². The van der Waals surface area contributed by atoms with Crippen molar-refractivity contribution in [3.05, 3.63) is 35.4 Å². The van der Waals surface area contributed by atoms with Crippen molar-refractivity contribution in [2.75, 3.05) is 0 Å². The summed E-state index contributed by atoms with van der Waals surface area (Å²) in [6.07, 6.45) is 0. The van der Waals surface area contributed by atoms with Gasteiger partial charge in [0.05, 0.1) is 0 Å². The minimum Gasteiger partial charge on any atom is -0.294 e. The van der Waals surface area contributed by atoms with Crippen LogP contribution in [-0.4, -0.2) is 5.78 Å². The molecular weight excluding hydrogens is 196 g/mol. The van der Waals surface area contributed by atoms with E-state index in [0.717, 1.165) is 5.56 Å². The first-order valence-electron chi connectivity index (χ1n) is 5.78. The molecule has 1 nitrogen and oxygen atoms in total. The maximum atomic E-state index is 12.1. The molecule has 0 bridgehead atoms. The van der Waals surface area contributed by atoms with Gasteiger partial charge in [-0.15, -0.1) is 0 Å². The Hall–Kier alpha value is -1.11. The third-order valence-electron chi connectivity index (χ3n) is 2.67. The molecule has 1 aromatic rings. The Morgan fingerprint density at radius 1 is 1.00 bits per heavy atom.